The summed E-state index contributed by atoms with van der Waals surface area (Å²) in [7, 11) is 0. The molecule has 5 rings (SSSR count). The number of carbonyl (C=O) groups is 4. The molecule has 5 heterocycles. The van der Waals surface area contributed by atoms with Crippen molar-refractivity contribution >= 4 is 69.3 Å². The number of nitrogens with zero attached hydrogens (tertiary/aromatic N) is 4. The molecule has 2 amide bonds. The van der Waals surface area contributed by atoms with E-state index in [-0.39, 0.29) is 33.2 Å². The van der Waals surface area contributed by atoms with E-state index < -0.39 is 47.5 Å². The van der Waals surface area contributed by atoms with E-state index >= 15 is 0 Å². The van der Waals surface area contributed by atoms with Crippen molar-refractivity contribution in [3.05, 3.63) is 45.3 Å². The number of carboxylic acid groups (broad SMARTS) is 2. The van der Waals surface area contributed by atoms with Gasteiger partial charge in [0, 0.05) is 17.4 Å². The summed E-state index contributed by atoms with van der Waals surface area (Å²) in [5.41, 5.74) is 6.26. The lowest BCUT2D eigenvalue weighted by Crippen LogP contribution is -2.71. The first kappa shape index (κ1) is 27.7. The van der Waals surface area contributed by atoms with Gasteiger partial charge in [-0.3, -0.25) is 14.5 Å². The molecule has 210 valence electrons. The van der Waals surface area contributed by atoms with Gasteiger partial charge < -0.3 is 35.6 Å². The van der Waals surface area contributed by atoms with Gasteiger partial charge in [-0.25, -0.2) is 14.3 Å². The van der Waals surface area contributed by atoms with E-state index in [0.717, 1.165) is 40.4 Å². The van der Waals surface area contributed by atoms with Gasteiger partial charge in [0.1, 0.15) is 27.2 Å². The van der Waals surface area contributed by atoms with Crippen LogP contribution in [0, 0.1) is 0 Å². The van der Waals surface area contributed by atoms with Crippen LogP contribution in [0.25, 0.3) is 0 Å². The molecule has 2 aromatic rings. The van der Waals surface area contributed by atoms with E-state index in [2.05, 4.69) is 15.5 Å². The average molecular weight is 609 g/mol. The lowest BCUT2D eigenvalue weighted by Gasteiger charge is -2.50. The number of hydrogen-bond donors (Lipinski definition) is 3. The monoisotopic (exact) mass is 608 g/mol. The fourth-order valence-corrected chi connectivity index (χ4v) is 6.74. The number of rotatable bonds is 9. The number of nitrogen functional groups attached to an aromatic ring is 1. The van der Waals surface area contributed by atoms with Crippen LogP contribution in [0.4, 0.5) is 5.13 Å². The van der Waals surface area contributed by atoms with Crippen LogP contribution in [-0.4, -0.2) is 74.8 Å². The minimum Gasteiger partial charge on any atom is -0.543 e. The third kappa shape index (κ3) is 5.41. The Hall–Kier alpha value is -3.89. The third-order valence-electron chi connectivity index (χ3n) is 6.19. The first-order valence-electron chi connectivity index (χ1n) is 11.8. The molecule has 0 saturated carbocycles. The first-order valence-corrected chi connectivity index (χ1v) is 14.1. The zero-order chi connectivity index (χ0) is 28.6. The van der Waals surface area contributed by atoms with Crippen LogP contribution in [0.2, 0.25) is 4.34 Å². The van der Waals surface area contributed by atoms with Crippen LogP contribution in [-0.2, 0) is 37.0 Å². The Bertz CT molecular complexity index is 1480. The molecule has 14 nitrogen and oxygen atoms in total. The van der Waals surface area contributed by atoms with Gasteiger partial charge in [-0.2, -0.15) is 0 Å². The number of fused-ring (bicyclic) bond motifs is 2. The molecule has 40 heavy (non-hydrogen) atoms. The Labute approximate surface area is 239 Å². The van der Waals surface area contributed by atoms with Crippen molar-refractivity contribution in [3.63, 3.8) is 0 Å². The zero-order valence-electron chi connectivity index (χ0n) is 20.5. The number of pyridine rings is 1. The van der Waals surface area contributed by atoms with Gasteiger partial charge in [-0.05, 0) is 12.8 Å². The van der Waals surface area contributed by atoms with Gasteiger partial charge in [-0.1, -0.05) is 28.1 Å². The molecule has 17 heteroatoms. The van der Waals surface area contributed by atoms with E-state index in [1.165, 1.54) is 11.8 Å². The minimum absolute atomic E-state index is 0.00279. The second-order valence-electron chi connectivity index (χ2n) is 8.84. The summed E-state index contributed by atoms with van der Waals surface area (Å²) in [4.78, 5) is 58.9. The highest BCUT2D eigenvalue weighted by atomic mass is 35.5. The SMILES string of the molecule is Nc1nc(/C(=N/OCC(=O)O)C(=O)N[C@@H]2C(=O)N3C(C(=O)[O-])=C(C[n+]4ccc5c(c4)CCCO5)CS[C@H]23)c(Cl)s1. The van der Waals surface area contributed by atoms with Gasteiger partial charge in [-0.15, -0.1) is 11.8 Å². The Kier molecular flexibility index (Phi) is 7.82. The van der Waals surface area contributed by atoms with Crippen LogP contribution in [0.3, 0.4) is 0 Å². The summed E-state index contributed by atoms with van der Waals surface area (Å²) < 4.78 is 7.46. The Balaban J connectivity index is 1.34. The zero-order valence-corrected chi connectivity index (χ0v) is 22.9. The number of anilines is 1. The maximum Gasteiger partial charge on any atom is 0.344 e. The molecule has 0 radical (unpaired) electrons. The molecule has 3 aliphatic rings. The predicted molar refractivity (Wildman–Crippen MR) is 139 cm³/mol. The number of hydrogen-bond acceptors (Lipinski definition) is 12. The van der Waals surface area contributed by atoms with Crippen molar-refractivity contribution in [1.82, 2.24) is 15.2 Å². The molecule has 1 saturated heterocycles. The van der Waals surface area contributed by atoms with Crippen molar-refractivity contribution in [3.8, 4) is 5.75 Å². The molecule has 2 aromatic heterocycles. The number of thioether (sulfide) groups is 1. The minimum atomic E-state index is -1.51. The third-order valence-corrected chi connectivity index (χ3v) is 8.61. The van der Waals surface area contributed by atoms with E-state index in [0.29, 0.717) is 12.2 Å². The van der Waals surface area contributed by atoms with Crippen LogP contribution in [0.5, 0.6) is 5.75 Å². The number of thiazole rings is 1. The predicted octanol–water partition coefficient (Wildman–Crippen LogP) is -1.10. The number of ether oxygens (including phenoxy) is 1. The quantitative estimate of drug-likeness (QED) is 0.135. The van der Waals surface area contributed by atoms with Crippen molar-refractivity contribution in [2.24, 2.45) is 5.16 Å². The topological polar surface area (TPSA) is 200 Å². The largest absolute Gasteiger partial charge is 0.543 e. The number of aryl methyl sites for hydroxylation is 1. The Morgan fingerprint density at radius 1 is 1.43 bits per heavy atom. The van der Waals surface area contributed by atoms with Crippen LogP contribution in [0.15, 0.2) is 34.9 Å². The number of carbonyl (C=O) groups excluding carboxylic acids is 3. The van der Waals surface area contributed by atoms with Crippen molar-refractivity contribution < 1.29 is 43.5 Å². The molecule has 0 unspecified atom stereocenters. The first-order chi connectivity index (χ1) is 19.1. The van der Waals surface area contributed by atoms with Gasteiger partial charge >= 0.3 is 5.97 Å². The van der Waals surface area contributed by atoms with Crippen molar-refractivity contribution in [2.75, 3.05) is 24.7 Å². The smallest absolute Gasteiger partial charge is 0.344 e. The van der Waals surface area contributed by atoms with Crippen molar-refractivity contribution in [1.29, 1.82) is 0 Å². The Morgan fingerprint density at radius 2 is 2.23 bits per heavy atom. The molecular weight excluding hydrogens is 588 g/mol. The summed E-state index contributed by atoms with van der Waals surface area (Å²) in [6.07, 6.45) is 5.41. The number of halogens is 1. The summed E-state index contributed by atoms with van der Waals surface area (Å²) in [6.45, 7) is 0.0242. The average Bonchev–Trinajstić information content (AvgIpc) is 3.25. The lowest BCUT2D eigenvalue weighted by atomic mass is 10.0. The van der Waals surface area contributed by atoms with Gasteiger partial charge in [0.2, 0.25) is 6.61 Å². The molecule has 3 aliphatic heterocycles. The van der Waals surface area contributed by atoms with E-state index in [1.807, 2.05) is 16.8 Å². The standard InChI is InChI=1S/C23H21ClN6O8S2/c24-18-14(27-23(25)40-18)15(28-38-8-13(31)32)19(33)26-16-20(34)30-17(22(35)36)11(9-39-21(16)30)7-29-4-3-12-10(6-29)2-1-5-37-12/h3-4,6,16,21H,1-2,5,7-9H2,(H4-,25,26,27,31,32,33,35,36)/b28-15-/t16-,21-/m1/s1. The number of oxime groups is 1. The van der Waals surface area contributed by atoms with Crippen LogP contribution >= 0.6 is 34.7 Å². The molecule has 0 aromatic carbocycles. The second kappa shape index (κ2) is 11.3. The van der Waals surface area contributed by atoms with Gasteiger partial charge in [0.15, 0.2) is 29.8 Å². The number of aliphatic carboxylic acids is 2. The molecule has 0 aliphatic carbocycles. The Morgan fingerprint density at radius 3 is 2.92 bits per heavy atom. The fraction of sp³-hybridized carbons (Fsp3) is 0.348. The molecule has 1 fully saturated rings. The highest BCUT2D eigenvalue weighted by Gasteiger charge is 2.53. The number of aromatic nitrogens is 2. The summed E-state index contributed by atoms with van der Waals surface area (Å²) >= 11 is 8.23. The number of nitrogens with one attached hydrogen (secondary N) is 1. The van der Waals surface area contributed by atoms with Crippen molar-refractivity contribution in [2.45, 2.75) is 30.8 Å². The maximum absolute atomic E-state index is 13.1. The summed E-state index contributed by atoms with van der Waals surface area (Å²) in [5.74, 6) is -3.39. The van der Waals surface area contributed by atoms with E-state index in [1.54, 1.807) is 6.20 Å². The molecular formula is C23H21ClN6O8S2. The highest BCUT2D eigenvalue weighted by molar-refractivity contribution is 8.00. The van der Waals surface area contributed by atoms with Crippen LogP contribution in [0.1, 0.15) is 17.7 Å². The maximum atomic E-state index is 13.1. The molecule has 4 N–H and O–H groups in total. The van der Waals surface area contributed by atoms with Crippen LogP contribution < -0.4 is 25.5 Å². The fourth-order valence-electron chi connectivity index (χ4n) is 4.48. The normalized spacial score (nSPS) is 20.2. The number of carboxylic acids is 2. The molecule has 0 spiro atoms. The highest BCUT2D eigenvalue weighted by Crippen LogP contribution is 2.40. The number of β-lactam (4-membered cyclic amide) rings is 1. The number of nitrogens with two attached hydrogens (primary N) is 1. The van der Waals surface area contributed by atoms with Gasteiger partial charge in [0.25, 0.3) is 11.8 Å². The molecule has 2 atom stereocenters. The second-order valence-corrected chi connectivity index (χ2v) is 11.6. The van der Waals surface area contributed by atoms with E-state index in [4.69, 9.17) is 32.0 Å². The van der Waals surface area contributed by atoms with Gasteiger partial charge in [0.05, 0.1) is 23.8 Å². The molecule has 0 bridgehead atoms. The lowest BCUT2D eigenvalue weighted by molar-refractivity contribution is -0.689. The van der Waals surface area contributed by atoms with E-state index in [9.17, 15) is 24.3 Å². The summed E-state index contributed by atoms with van der Waals surface area (Å²) in [5, 5.41) is 26.3. The summed E-state index contributed by atoms with van der Waals surface area (Å²) in [6, 6.07) is 0.718. The number of amides is 2.